The highest BCUT2D eigenvalue weighted by Crippen LogP contribution is 2.22. The lowest BCUT2D eigenvalue weighted by atomic mass is 10.1. The van der Waals surface area contributed by atoms with Gasteiger partial charge in [0.05, 0.1) is 11.1 Å². The van der Waals surface area contributed by atoms with E-state index < -0.39 is 0 Å². The number of nitrogens with zero attached hydrogens (tertiary/aromatic N) is 1. The van der Waals surface area contributed by atoms with E-state index in [0.29, 0.717) is 17.5 Å². The van der Waals surface area contributed by atoms with Gasteiger partial charge in [0.15, 0.2) is 0 Å². The highest BCUT2D eigenvalue weighted by atomic mass is 16.5. The summed E-state index contributed by atoms with van der Waals surface area (Å²) in [5, 5.41) is 0. The standard InChI is InChI=1S/C20H19NO4/c1-14-8-10-15(11-9-14)13-25-18(22)7-4-12-21-19(23)16-5-2-3-6-17(16)20(21)24/h2-3,5-6,8-11H,4,7,12-13H2,1H3. The minimum atomic E-state index is -0.336. The number of hydrogen-bond acceptors (Lipinski definition) is 4. The van der Waals surface area contributed by atoms with Crippen molar-refractivity contribution in [1.29, 1.82) is 0 Å². The van der Waals surface area contributed by atoms with E-state index in [0.717, 1.165) is 11.1 Å². The second kappa shape index (κ2) is 7.30. The number of aryl methyl sites for hydroxylation is 1. The molecule has 0 aromatic heterocycles. The summed E-state index contributed by atoms with van der Waals surface area (Å²) in [4.78, 5) is 37.4. The third-order valence-corrected chi connectivity index (χ3v) is 4.16. The molecule has 1 aliphatic rings. The van der Waals surface area contributed by atoms with Crippen molar-refractivity contribution >= 4 is 17.8 Å². The lowest BCUT2D eigenvalue weighted by Gasteiger charge is -2.13. The average Bonchev–Trinajstić information content (AvgIpc) is 2.86. The number of imide groups is 1. The number of carbonyl (C=O) groups excluding carboxylic acids is 3. The predicted molar refractivity (Wildman–Crippen MR) is 92.0 cm³/mol. The first-order valence-electron chi connectivity index (χ1n) is 8.22. The maximum absolute atomic E-state index is 12.2. The number of hydrogen-bond donors (Lipinski definition) is 0. The molecule has 0 bridgehead atoms. The van der Waals surface area contributed by atoms with E-state index in [-0.39, 0.29) is 37.4 Å². The Bertz CT molecular complexity index is 776. The van der Waals surface area contributed by atoms with Crippen LogP contribution in [0.2, 0.25) is 0 Å². The Hall–Kier alpha value is -2.95. The Labute approximate surface area is 146 Å². The average molecular weight is 337 g/mol. The molecule has 128 valence electrons. The normalized spacial score (nSPS) is 13.1. The third-order valence-electron chi connectivity index (χ3n) is 4.16. The number of ether oxygens (including phenoxy) is 1. The van der Waals surface area contributed by atoms with E-state index in [9.17, 15) is 14.4 Å². The molecule has 2 aromatic carbocycles. The van der Waals surface area contributed by atoms with Crippen LogP contribution in [0.15, 0.2) is 48.5 Å². The summed E-state index contributed by atoms with van der Waals surface area (Å²) in [7, 11) is 0. The maximum Gasteiger partial charge on any atom is 0.306 e. The first-order chi connectivity index (χ1) is 12.1. The number of rotatable bonds is 6. The van der Waals surface area contributed by atoms with Gasteiger partial charge in [-0.05, 0) is 31.0 Å². The zero-order chi connectivity index (χ0) is 17.8. The summed E-state index contributed by atoms with van der Waals surface area (Å²) in [6, 6.07) is 14.5. The summed E-state index contributed by atoms with van der Waals surface area (Å²) in [5.41, 5.74) is 2.93. The minimum absolute atomic E-state index is 0.166. The fourth-order valence-corrected chi connectivity index (χ4v) is 2.74. The monoisotopic (exact) mass is 337 g/mol. The Morgan fingerprint density at radius 2 is 1.56 bits per heavy atom. The van der Waals surface area contributed by atoms with Gasteiger partial charge in [0.25, 0.3) is 11.8 Å². The summed E-state index contributed by atoms with van der Waals surface area (Å²) in [5.74, 6) is -0.931. The highest BCUT2D eigenvalue weighted by Gasteiger charge is 2.34. The maximum atomic E-state index is 12.2. The van der Waals surface area contributed by atoms with Crippen molar-refractivity contribution in [2.24, 2.45) is 0 Å². The quantitative estimate of drug-likeness (QED) is 0.600. The Kier molecular flexibility index (Phi) is 4.93. The Balaban J connectivity index is 1.45. The van der Waals surface area contributed by atoms with Crippen molar-refractivity contribution in [2.75, 3.05) is 6.54 Å². The summed E-state index contributed by atoms with van der Waals surface area (Å²) in [6.07, 6.45) is 0.553. The molecule has 0 fully saturated rings. The molecular weight excluding hydrogens is 318 g/mol. The van der Waals surface area contributed by atoms with Crippen molar-refractivity contribution in [2.45, 2.75) is 26.4 Å². The molecule has 0 aliphatic carbocycles. The first kappa shape index (κ1) is 16.9. The molecule has 2 aromatic rings. The van der Waals surface area contributed by atoms with Gasteiger partial charge in [-0.3, -0.25) is 19.3 Å². The molecule has 1 heterocycles. The van der Waals surface area contributed by atoms with Gasteiger partial charge in [-0.1, -0.05) is 42.0 Å². The minimum Gasteiger partial charge on any atom is -0.461 e. The van der Waals surface area contributed by atoms with E-state index in [1.54, 1.807) is 24.3 Å². The molecular formula is C20H19NO4. The molecule has 5 nitrogen and oxygen atoms in total. The number of fused-ring (bicyclic) bond motifs is 1. The number of carbonyl (C=O) groups is 3. The number of benzene rings is 2. The zero-order valence-corrected chi connectivity index (χ0v) is 14.0. The van der Waals surface area contributed by atoms with Crippen LogP contribution in [0, 0.1) is 6.92 Å². The van der Waals surface area contributed by atoms with Gasteiger partial charge in [0.2, 0.25) is 0 Å². The summed E-state index contributed by atoms with van der Waals surface area (Å²) < 4.78 is 5.22. The SMILES string of the molecule is Cc1ccc(COC(=O)CCCN2C(=O)c3ccccc3C2=O)cc1. The van der Waals surface area contributed by atoms with Gasteiger partial charge >= 0.3 is 5.97 Å². The molecule has 0 saturated carbocycles. The fraction of sp³-hybridized carbons (Fsp3) is 0.250. The van der Waals surface area contributed by atoms with Gasteiger partial charge in [-0.2, -0.15) is 0 Å². The summed E-state index contributed by atoms with van der Waals surface area (Å²) >= 11 is 0. The van der Waals surface area contributed by atoms with Crippen LogP contribution >= 0.6 is 0 Å². The number of esters is 1. The first-order valence-corrected chi connectivity index (χ1v) is 8.22. The van der Waals surface area contributed by atoms with Crippen molar-refractivity contribution in [1.82, 2.24) is 4.90 Å². The van der Waals surface area contributed by atoms with Crippen LogP contribution in [-0.4, -0.2) is 29.2 Å². The van der Waals surface area contributed by atoms with Gasteiger partial charge in [-0.25, -0.2) is 0 Å². The molecule has 0 atom stereocenters. The van der Waals surface area contributed by atoms with E-state index in [1.807, 2.05) is 31.2 Å². The largest absolute Gasteiger partial charge is 0.461 e. The van der Waals surface area contributed by atoms with E-state index in [2.05, 4.69) is 0 Å². The summed E-state index contributed by atoms with van der Waals surface area (Å²) in [6.45, 7) is 2.44. The number of amides is 2. The van der Waals surface area contributed by atoms with Crippen LogP contribution in [0.25, 0.3) is 0 Å². The van der Waals surface area contributed by atoms with Crippen LogP contribution in [0.4, 0.5) is 0 Å². The molecule has 0 unspecified atom stereocenters. The van der Waals surface area contributed by atoms with E-state index >= 15 is 0 Å². The lowest BCUT2D eigenvalue weighted by molar-refractivity contribution is -0.145. The molecule has 1 aliphatic heterocycles. The third kappa shape index (κ3) is 3.76. The van der Waals surface area contributed by atoms with E-state index in [1.165, 1.54) is 4.90 Å². The molecule has 0 saturated heterocycles. The van der Waals surface area contributed by atoms with Crippen LogP contribution in [0.3, 0.4) is 0 Å². The van der Waals surface area contributed by atoms with E-state index in [4.69, 9.17) is 4.74 Å². The second-order valence-electron chi connectivity index (χ2n) is 6.06. The van der Waals surface area contributed by atoms with Crippen LogP contribution in [0.1, 0.15) is 44.7 Å². The fourth-order valence-electron chi connectivity index (χ4n) is 2.74. The van der Waals surface area contributed by atoms with Crippen molar-refractivity contribution in [3.63, 3.8) is 0 Å². The van der Waals surface area contributed by atoms with Crippen LogP contribution in [0.5, 0.6) is 0 Å². The molecule has 5 heteroatoms. The van der Waals surface area contributed by atoms with Crippen molar-refractivity contribution in [3.8, 4) is 0 Å². The molecule has 0 radical (unpaired) electrons. The van der Waals surface area contributed by atoms with Crippen molar-refractivity contribution in [3.05, 3.63) is 70.8 Å². The topological polar surface area (TPSA) is 63.7 Å². The Morgan fingerprint density at radius 3 is 2.16 bits per heavy atom. The van der Waals surface area contributed by atoms with Crippen molar-refractivity contribution < 1.29 is 19.1 Å². The molecule has 3 rings (SSSR count). The second-order valence-corrected chi connectivity index (χ2v) is 6.06. The van der Waals surface area contributed by atoms with Crippen LogP contribution < -0.4 is 0 Å². The molecule has 0 N–H and O–H groups in total. The zero-order valence-electron chi connectivity index (χ0n) is 14.0. The van der Waals surface area contributed by atoms with Gasteiger partial charge in [0, 0.05) is 13.0 Å². The van der Waals surface area contributed by atoms with Crippen LogP contribution in [-0.2, 0) is 16.1 Å². The molecule has 0 spiro atoms. The highest BCUT2D eigenvalue weighted by molar-refractivity contribution is 6.21. The Morgan fingerprint density at radius 1 is 0.960 bits per heavy atom. The smallest absolute Gasteiger partial charge is 0.306 e. The van der Waals surface area contributed by atoms with Gasteiger partial charge in [0.1, 0.15) is 6.61 Å². The lowest BCUT2D eigenvalue weighted by Crippen LogP contribution is -2.31. The van der Waals surface area contributed by atoms with Gasteiger partial charge in [-0.15, -0.1) is 0 Å². The van der Waals surface area contributed by atoms with Gasteiger partial charge < -0.3 is 4.74 Å². The molecule has 25 heavy (non-hydrogen) atoms. The molecule has 2 amide bonds. The predicted octanol–water partition coefficient (Wildman–Crippen LogP) is 3.11.